The minimum atomic E-state index is 0.167. The lowest BCUT2D eigenvalue weighted by Gasteiger charge is -2.30. The van der Waals surface area contributed by atoms with Gasteiger partial charge in [0.2, 0.25) is 5.91 Å². The highest BCUT2D eigenvalue weighted by Crippen LogP contribution is 2.23. The van der Waals surface area contributed by atoms with Gasteiger partial charge in [-0.1, -0.05) is 19.8 Å². The van der Waals surface area contributed by atoms with Gasteiger partial charge in [-0.05, 0) is 49.7 Å². The summed E-state index contributed by atoms with van der Waals surface area (Å²) in [5.41, 5.74) is 1.32. The fourth-order valence-corrected chi connectivity index (χ4v) is 3.88. The maximum atomic E-state index is 12.1. The average Bonchev–Trinajstić information content (AvgIpc) is 2.77. The summed E-state index contributed by atoms with van der Waals surface area (Å²) < 4.78 is 0. The topological polar surface area (TPSA) is 32.3 Å². The average molecular weight is 294 g/mol. The molecule has 0 unspecified atom stereocenters. The first-order chi connectivity index (χ1) is 9.56. The van der Waals surface area contributed by atoms with E-state index in [1.807, 2.05) is 7.05 Å². The number of nitrogens with zero attached hydrogens (tertiary/aromatic N) is 1. The van der Waals surface area contributed by atoms with E-state index in [0.717, 1.165) is 13.0 Å². The fraction of sp³-hybridized carbons (Fsp3) is 0.688. The largest absolute Gasteiger partial charge is 0.352 e. The molecular formula is C16H26N2OS. The third-order valence-corrected chi connectivity index (χ3v) is 5.26. The zero-order valence-corrected chi connectivity index (χ0v) is 13.6. The number of hydrogen-bond donors (Lipinski definition) is 1. The molecule has 2 atom stereocenters. The summed E-state index contributed by atoms with van der Waals surface area (Å²) in [7, 11) is 2.02. The van der Waals surface area contributed by atoms with E-state index in [-0.39, 0.29) is 5.91 Å². The van der Waals surface area contributed by atoms with Crippen LogP contribution in [0.3, 0.4) is 0 Å². The maximum absolute atomic E-state index is 12.1. The SMILES string of the molecule is Cc1ccsc1CN(C)CC(=O)N[C@H]1CCCC[C@@H]1C. The van der Waals surface area contributed by atoms with Crippen LogP contribution in [-0.4, -0.2) is 30.4 Å². The van der Waals surface area contributed by atoms with Gasteiger partial charge in [0, 0.05) is 17.5 Å². The van der Waals surface area contributed by atoms with E-state index in [4.69, 9.17) is 0 Å². The summed E-state index contributed by atoms with van der Waals surface area (Å²) >= 11 is 1.77. The van der Waals surface area contributed by atoms with Crippen LogP contribution in [0, 0.1) is 12.8 Å². The fourth-order valence-electron chi connectivity index (χ4n) is 2.90. The van der Waals surface area contributed by atoms with Crippen LogP contribution in [0.4, 0.5) is 0 Å². The second kappa shape index (κ2) is 7.23. The van der Waals surface area contributed by atoms with Crippen molar-refractivity contribution in [2.45, 2.75) is 52.1 Å². The molecule has 1 heterocycles. The van der Waals surface area contributed by atoms with E-state index in [1.165, 1.54) is 29.7 Å². The first-order valence-corrected chi connectivity index (χ1v) is 8.45. The number of rotatable bonds is 5. The molecule has 4 heteroatoms. The van der Waals surface area contributed by atoms with Gasteiger partial charge in [-0.15, -0.1) is 11.3 Å². The Morgan fingerprint density at radius 1 is 1.45 bits per heavy atom. The van der Waals surface area contributed by atoms with Gasteiger partial charge in [0.1, 0.15) is 0 Å². The summed E-state index contributed by atoms with van der Waals surface area (Å²) in [4.78, 5) is 15.6. The van der Waals surface area contributed by atoms with E-state index >= 15 is 0 Å². The molecule has 0 aliphatic heterocycles. The molecule has 20 heavy (non-hydrogen) atoms. The number of nitrogens with one attached hydrogen (secondary N) is 1. The monoisotopic (exact) mass is 294 g/mol. The quantitative estimate of drug-likeness (QED) is 0.904. The van der Waals surface area contributed by atoms with Crippen molar-refractivity contribution >= 4 is 17.2 Å². The lowest BCUT2D eigenvalue weighted by molar-refractivity contribution is -0.123. The molecule has 1 saturated carbocycles. The predicted molar refractivity (Wildman–Crippen MR) is 85.0 cm³/mol. The van der Waals surface area contributed by atoms with Crippen LogP contribution >= 0.6 is 11.3 Å². The number of hydrogen-bond acceptors (Lipinski definition) is 3. The number of amides is 1. The predicted octanol–water partition coefficient (Wildman–Crippen LogP) is 3.18. The number of carbonyl (C=O) groups excluding carboxylic acids is 1. The molecular weight excluding hydrogens is 268 g/mol. The maximum Gasteiger partial charge on any atom is 0.234 e. The molecule has 3 nitrogen and oxygen atoms in total. The molecule has 0 spiro atoms. The van der Waals surface area contributed by atoms with Gasteiger partial charge >= 0.3 is 0 Å². The van der Waals surface area contributed by atoms with Crippen molar-refractivity contribution in [2.75, 3.05) is 13.6 Å². The molecule has 0 aromatic carbocycles. The molecule has 1 aromatic rings. The lowest BCUT2D eigenvalue weighted by atomic mass is 9.86. The van der Waals surface area contributed by atoms with Crippen molar-refractivity contribution in [3.05, 3.63) is 21.9 Å². The first-order valence-electron chi connectivity index (χ1n) is 7.57. The lowest BCUT2D eigenvalue weighted by Crippen LogP contribution is -2.44. The van der Waals surface area contributed by atoms with Gasteiger partial charge in [-0.2, -0.15) is 0 Å². The smallest absolute Gasteiger partial charge is 0.234 e. The van der Waals surface area contributed by atoms with Crippen molar-refractivity contribution in [3.63, 3.8) is 0 Å². The zero-order valence-electron chi connectivity index (χ0n) is 12.8. The van der Waals surface area contributed by atoms with Crippen LogP contribution < -0.4 is 5.32 Å². The van der Waals surface area contributed by atoms with E-state index in [1.54, 1.807) is 11.3 Å². The number of carbonyl (C=O) groups is 1. The van der Waals surface area contributed by atoms with Crippen LogP contribution in [0.2, 0.25) is 0 Å². The Kier molecular flexibility index (Phi) is 5.61. The van der Waals surface area contributed by atoms with E-state index < -0.39 is 0 Å². The van der Waals surface area contributed by atoms with Crippen LogP contribution in [0.25, 0.3) is 0 Å². The molecule has 0 bridgehead atoms. The normalized spacial score (nSPS) is 23.0. The molecule has 1 aromatic heterocycles. The summed E-state index contributed by atoms with van der Waals surface area (Å²) in [5, 5.41) is 5.33. The van der Waals surface area contributed by atoms with E-state index in [0.29, 0.717) is 18.5 Å². The molecule has 112 valence electrons. The summed E-state index contributed by atoms with van der Waals surface area (Å²) in [5.74, 6) is 0.790. The summed E-state index contributed by atoms with van der Waals surface area (Å²) in [6, 6.07) is 2.52. The Hall–Kier alpha value is -0.870. The Balaban J connectivity index is 1.77. The van der Waals surface area contributed by atoms with Crippen molar-refractivity contribution in [3.8, 4) is 0 Å². The molecule has 0 radical (unpaired) electrons. The number of thiophene rings is 1. The highest BCUT2D eigenvalue weighted by molar-refractivity contribution is 7.10. The van der Waals surface area contributed by atoms with Crippen LogP contribution in [0.1, 0.15) is 43.0 Å². The molecule has 1 fully saturated rings. The molecule has 1 N–H and O–H groups in total. The second-order valence-electron chi connectivity index (χ2n) is 6.13. The zero-order chi connectivity index (χ0) is 14.5. The highest BCUT2D eigenvalue weighted by Gasteiger charge is 2.23. The van der Waals surface area contributed by atoms with Gasteiger partial charge in [-0.3, -0.25) is 9.69 Å². The number of likely N-dealkylation sites (N-methyl/N-ethyl adjacent to an activating group) is 1. The molecule has 1 aliphatic carbocycles. The molecule has 0 saturated heterocycles. The van der Waals surface area contributed by atoms with Gasteiger partial charge < -0.3 is 5.32 Å². The van der Waals surface area contributed by atoms with E-state index in [9.17, 15) is 4.79 Å². The van der Waals surface area contributed by atoms with Crippen LogP contribution in [0.15, 0.2) is 11.4 Å². The van der Waals surface area contributed by atoms with Gasteiger partial charge in [0.25, 0.3) is 0 Å². The second-order valence-corrected chi connectivity index (χ2v) is 7.14. The Labute approximate surface area is 126 Å². The Bertz CT molecular complexity index is 443. The first kappa shape index (κ1) is 15.5. The van der Waals surface area contributed by atoms with Gasteiger partial charge in [-0.25, -0.2) is 0 Å². The Morgan fingerprint density at radius 3 is 2.85 bits per heavy atom. The van der Waals surface area contributed by atoms with Crippen molar-refractivity contribution in [1.29, 1.82) is 0 Å². The van der Waals surface area contributed by atoms with Gasteiger partial charge in [0.15, 0.2) is 0 Å². The minimum Gasteiger partial charge on any atom is -0.352 e. The summed E-state index contributed by atoms with van der Waals surface area (Å²) in [6.45, 7) is 5.73. The minimum absolute atomic E-state index is 0.167. The summed E-state index contributed by atoms with van der Waals surface area (Å²) in [6.07, 6.45) is 4.94. The third kappa shape index (κ3) is 4.32. The number of aryl methyl sites for hydroxylation is 1. The van der Waals surface area contributed by atoms with Crippen LogP contribution in [-0.2, 0) is 11.3 Å². The standard InChI is InChI=1S/C16H26N2OS/c1-12-6-4-5-7-14(12)17-16(19)11-18(3)10-15-13(2)8-9-20-15/h8-9,12,14H,4-7,10-11H2,1-3H3,(H,17,19)/t12-,14-/m0/s1. The molecule has 2 rings (SSSR count). The third-order valence-electron chi connectivity index (χ3n) is 4.25. The highest BCUT2D eigenvalue weighted by atomic mass is 32.1. The van der Waals surface area contributed by atoms with Crippen LogP contribution in [0.5, 0.6) is 0 Å². The van der Waals surface area contributed by atoms with Crippen molar-refractivity contribution in [2.24, 2.45) is 5.92 Å². The van der Waals surface area contributed by atoms with Crippen molar-refractivity contribution in [1.82, 2.24) is 10.2 Å². The van der Waals surface area contributed by atoms with E-state index in [2.05, 4.69) is 35.5 Å². The molecule has 1 amide bonds. The van der Waals surface area contributed by atoms with Gasteiger partial charge in [0.05, 0.1) is 6.54 Å². The Morgan fingerprint density at radius 2 is 2.20 bits per heavy atom. The van der Waals surface area contributed by atoms with Crippen molar-refractivity contribution < 1.29 is 4.79 Å². The molecule has 1 aliphatic rings.